The summed E-state index contributed by atoms with van der Waals surface area (Å²) >= 11 is 1.56. The third kappa shape index (κ3) is 4.70. The molecule has 1 aliphatic heterocycles. The summed E-state index contributed by atoms with van der Waals surface area (Å²) in [5.41, 5.74) is 2.78. The largest absolute Gasteiger partial charge is 0.497 e. The van der Waals surface area contributed by atoms with Crippen LogP contribution in [0.25, 0.3) is 11.3 Å². The van der Waals surface area contributed by atoms with Gasteiger partial charge in [0.2, 0.25) is 5.91 Å². The third-order valence-corrected chi connectivity index (χ3v) is 6.17. The smallest absolute Gasteiger partial charge is 0.261 e. The molecule has 1 aliphatic rings. The van der Waals surface area contributed by atoms with Gasteiger partial charge < -0.3 is 10.1 Å². The van der Waals surface area contributed by atoms with E-state index in [0.29, 0.717) is 30.5 Å². The molecule has 32 heavy (non-hydrogen) atoms. The predicted molar refractivity (Wildman–Crippen MR) is 122 cm³/mol. The minimum atomic E-state index is -0.289. The number of imide groups is 1. The number of fused-ring (bicyclic) bond motifs is 1. The SMILES string of the molecule is COc1ccc(-c2csc(CCNC(=O)CCCN3C(=O)c4ccccc4C3=O)n2)cc1. The van der Waals surface area contributed by atoms with E-state index in [1.54, 1.807) is 42.7 Å². The molecule has 3 aromatic rings. The molecule has 0 aliphatic carbocycles. The lowest BCUT2D eigenvalue weighted by atomic mass is 10.1. The van der Waals surface area contributed by atoms with Crippen LogP contribution in [0.15, 0.2) is 53.9 Å². The van der Waals surface area contributed by atoms with Crippen LogP contribution in [-0.4, -0.2) is 47.8 Å². The average molecular weight is 450 g/mol. The van der Waals surface area contributed by atoms with Crippen LogP contribution in [0.2, 0.25) is 0 Å². The van der Waals surface area contributed by atoms with Crippen LogP contribution in [0.4, 0.5) is 0 Å². The number of thiazole rings is 1. The van der Waals surface area contributed by atoms with Crippen molar-refractivity contribution in [2.24, 2.45) is 0 Å². The number of methoxy groups -OCH3 is 1. The highest BCUT2D eigenvalue weighted by Crippen LogP contribution is 2.24. The predicted octanol–water partition coefficient (Wildman–Crippen LogP) is 3.55. The zero-order valence-electron chi connectivity index (χ0n) is 17.7. The zero-order valence-corrected chi connectivity index (χ0v) is 18.5. The van der Waals surface area contributed by atoms with Crippen molar-refractivity contribution in [1.82, 2.24) is 15.2 Å². The first kappa shape index (κ1) is 21.7. The van der Waals surface area contributed by atoms with Crippen LogP contribution in [0.1, 0.15) is 38.6 Å². The van der Waals surface area contributed by atoms with Gasteiger partial charge in [-0.05, 0) is 42.8 Å². The Morgan fingerprint density at radius 2 is 1.75 bits per heavy atom. The Bertz CT molecular complexity index is 1110. The molecule has 8 heteroatoms. The maximum atomic E-state index is 12.3. The molecule has 7 nitrogen and oxygen atoms in total. The van der Waals surface area contributed by atoms with Gasteiger partial charge in [0.25, 0.3) is 11.8 Å². The lowest BCUT2D eigenvalue weighted by molar-refractivity contribution is -0.121. The lowest BCUT2D eigenvalue weighted by Gasteiger charge is -2.13. The van der Waals surface area contributed by atoms with Crippen LogP contribution < -0.4 is 10.1 Å². The number of rotatable bonds is 9. The van der Waals surface area contributed by atoms with Crippen LogP contribution in [0.3, 0.4) is 0 Å². The number of ether oxygens (including phenoxy) is 1. The van der Waals surface area contributed by atoms with Gasteiger partial charge in [-0.15, -0.1) is 11.3 Å². The maximum absolute atomic E-state index is 12.3. The van der Waals surface area contributed by atoms with Crippen molar-refractivity contribution < 1.29 is 19.1 Å². The van der Waals surface area contributed by atoms with Crippen LogP contribution in [-0.2, 0) is 11.2 Å². The average Bonchev–Trinajstić information content (AvgIpc) is 3.38. The summed E-state index contributed by atoms with van der Waals surface area (Å²) < 4.78 is 5.17. The van der Waals surface area contributed by atoms with E-state index < -0.39 is 0 Å². The second kappa shape index (κ2) is 9.74. The fourth-order valence-corrected chi connectivity index (χ4v) is 4.36. The monoisotopic (exact) mass is 449 g/mol. The number of nitrogens with zero attached hydrogens (tertiary/aromatic N) is 2. The highest BCUT2D eigenvalue weighted by atomic mass is 32.1. The molecule has 0 atom stereocenters. The number of benzene rings is 2. The minimum Gasteiger partial charge on any atom is -0.497 e. The summed E-state index contributed by atoms with van der Waals surface area (Å²) in [4.78, 5) is 42.7. The molecule has 0 saturated heterocycles. The van der Waals surface area contributed by atoms with Crippen molar-refractivity contribution in [2.75, 3.05) is 20.2 Å². The molecule has 0 saturated carbocycles. The molecule has 1 aromatic heterocycles. The van der Waals surface area contributed by atoms with Gasteiger partial charge in [-0.1, -0.05) is 12.1 Å². The fourth-order valence-electron chi connectivity index (χ4n) is 3.56. The van der Waals surface area contributed by atoms with E-state index in [-0.39, 0.29) is 30.7 Å². The Labute approximate surface area is 190 Å². The van der Waals surface area contributed by atoms with Crippen LogP contribution in [0, 0.1) is 0 Å². The van der Waals surface area contributed by atoms with E-state index in [0.717, 1.165) is 22.0 Å². The van der Waals surface area contributed by atoms with E-state index >= 15 is 0 Å². The highest BCUT2D eigenvalue weighted by molar-refractivity contribution is 7.09. The molecule has 4 rings (SSSR count). The number of aromatic nitrogens is 1. The van der Waals surface area contributed by atoms with Gasteiger partial charge in [0.05, 0.1) is 28.9 Å². The standard InChI is InChI=1S/C24H23N3O4S/c1-31-17-10-8-16(9-11-17)20-15-32-22(26-20)12-13-25-21(28)7-4-14-27-23(29)18-5-2-3-6-19(18)24(27)30/h2-3,5-6,8-11,15H,4,7,12-14H2,1H3,(H,25,28). The molecular formula is C24H23N3O4S. The Morgan fingerprint density at radius 3 is 2.41 bits per heavy atom. The first-order valence-electron chi connectivity index (χ1n) is 10.4. The van der Waals surface area contributed by atoms with Gasteiger partial charge in [-0.2, -0.15) is 0 Å². The molecule has 1 N–H and O–H groups in total. The normalized spacial score (nSPS) is 12.7. The Morgan fingerprint density at radius 1 is 1.06 bits per heavy atom. The van der Waals surface area contributed by atoms with Crippen molar-refractivity contribution in [2.45, 2.75) is 19.3 Å². The highest BCUT2D eigenvalue weighted by Gasteiger charge is 2.34. The molecule has 2 aromatic carbocycles. The Balaban J connectivity index is 1.19. The number of amides is 3. The van der Waals surface area contributed by atoms with Gasteiger partial charge in [0.15, 0.2) is 0 Å². The second-order valence-electron chi connectivity index (χ2n) is 7.37. The van der Waals surface area contributed by atoms with Gasteiger partial charge in [-0.25, -0.2) is 4.98 Å². The van der Waals surface area contributed by atoms with E-state index in [4.69, 9.17) is 4.74 Å². The Kier molecular flexibility index (Phi) is 6.61. The molecule has 0 bridgehead atoms. The molecular weight excluding hydrogens is 426 g/mol. The van der Waals surface area contributed by atoms with Gasteiger partial charge in [0, 0.05) is 36.9 Å². The Hall–Kier alpha value is -3.52. The number of carbonyl (C=O) groups excluding carboxylic acids is 3. The summed E-state index contributed by atoms with van der Waals surface area (Å²) in [7, 11) is 1.63. The zero-order chi connectivity index (χ0) is 22.5. The topological polar surface area (TPSA) is 88.6 Å². The lowest BCUT2D eigenvalue weighted by Crippen LogP contribution is -2.32. The van der Waals surface area contributed by atoms with Crippen LogP contribution in [0.5, 0.6) is 5.75 Å². The van der Waals surface area contributed by atoms with Crippen molar-refractivity contribution in [3.05, 3.63) is 70.0 Å². The van der Waals surface area contributed by atoms with Gasteiger partial charge in [-0.3, -0.25) is 19.3 Å². The van der Waals surface area contributed by atoms with Gasteiger partial charge >= 0.3 is 0 Å². The molecule has 0 unspecified atom stereocenters. The van der Waals surface area contributed by atoms with Gasteiger partial charge in [0.1, 0.15) is 5.75 Å². The molecule has 0 radical (unpaired) electrons. The summed E-state index contributed by atoms with van der Waals surface area (Å²) in [5.74, 6) is 0.119. The maximum Gasteiger partial charge on any atom is 0.261 e. The van der Waals surface area contributed by atoms with Crippen molar-refractivity contribution in [3.8, 4) is 17.0 Å². The van der Waals surface area contributed by atoms with E-state index in [1.807, 2.05) is 29.6 Å². The summed E-state index contributed by atoms with van der Waals surface area (Å²) in [5, 5.41) is 5.83. The number of carbonyl (C=O) groups is 3. The number of nitrogens with one attached hydrogen (secondary N) is 1. The molecule has 0 fully saturated rings. The number of hydrogen-bond donors (Lipinski definition) is 1. The van der Waals surface area contributed by atoms with E-state index in [9.17, 15) is 14.4 Å². The van der Waals surface area contributed by atoms with Crippen molar-refractivity contribution >= 4 is 29.1 Å². The fraction of sp³-hybridized carbons (Fsp3) is 0.250. The second-order valence-corrected chi connectivity index (χ2v) is 8.31. The molecule has 164 valence electrons. The molecule has 3 amide bonds. The van der Waals surface area contributed by atoms with E-state index in [1.165, 1.54) is 4.90 Å². The first-order valence-corrected chi connectivity index (χ1v) is 11.3. The summed E-state index contributed by atoms with van der Waals surface area (Å²) in [6.07, 6.45) is 1.32. The summed E-state index contributed by atoms with van der Waals surface area (Å²) in [6.45, 7) is 0.721. The molecule has 2 heterocycles. The van der Waals surface area contributed by atoms with Crippen LogP contribution >= 0.6 is 11.3 Å². The van der Waals surface area contributed by atoms with Crippen molar-refractivity contribution in [3.63, 3.8) is 0 Å². The minimum absolute atomic E-state index is 0.103. The first-order chi connectivity index (χ1) is 15.6. The van der Waals surface area contributed by atoms with Crippen molar-refractivity contribution in [1.29, 1.82) is 0 Å². The third-order valence-electron chi connectivity index (χ3n) is 5.26. The number of hydrogen-bond acceptors (Lipinski definition) is 6. The summed E-state index contributed by atoms with van der Waals surface area (Å²) in [6, 6.07) is 14.5. The molecule has 0 spiro atoms. The quantitative estimate of drug-likeness (QED) is 0.505. The van der Waals surface area contributed by atoms with E-state index in [2.05, 4.69) is 10.3 Å².